The summed E-state index contributed by atoms with van der Waals surface area (Å²) in [6.07, 6.45) is 1.05. The number of nitrogens with two attached hydrogens (primary N) is 1. The molecule has 1 aliphatic heterocycles. The Kier molecular flexibility index (Phi) is 5.85. The minimum absolute atomic E-state index is 0.149. The molecule has 0 aliphatic carbocycles. The van der Waals surface area contributed by atoms with E-state index >= 15 is 0 Å². The van der Waals surface area contributed by atoms with Gasteiger partial charge in [0, 0.05) is 24.0 Å². The summed E-state index contributed by atoms with van der Waals surface area (Å²) in [5.74, 6) is -1.55. The van der Waals surface area contributed by atoms with E-state index in [9.17, 15) is 14.4 Å². The van der Waals surface area contributed by atoms with Crippen molar-refractivity contribution in [2.45, 2.75) is 12.8 Å². The molecule has 1 aliphatic rings. The van der Waals surface area contributed by atoms with Crippen molar-refractivity contribution < 1.29 is 19.1 Å². The number of benzene rings is 1. The lowest BCUT2D eigenvalue weighted by molar-refractivity contribution is -0.137. The maximum atomic E-state index is 12.0. The van der Waals surface area contributed by atoms with Crippen molar-refractivity contribution in [3.8, 4) is 0 Å². The Morgan fingerprint density at radius 2 is 1.87 bits per heavy atom. The molecule has 1 fully saturated rings. The molecule has 0 unspecified atom stereocenters. The van der Waals surface area contributed by atoms with E-state index in [1.54, 1.807) is 4.90 Å². The van der Waals surface area contributed by atoms with Gasteiger partial charge in [-0.2, -0.15) is 0 Å². The number of piperidine rings is 1. The van der Waals surface area contributed by atoms with Crippen LogP contribution in [0.25, 0.3) is 0 Å². The zero-order valence-corrected chi connectivity index (χ0v) is 13.8. The predicted molar refractivity (Wildman–Crippen MR) is 85.2 cm³/mol. The van der Waals surface area contributed by atoms with E-state index in [4.69, 9.17) is 33.7 Å². The van der Waals surface area contributed by atoms with Gasteiger partial charge in [0.25, 0.3) is 5.91 Å². The summed E-state index contributed by atoms with van der Waals surface area (Å²) in [7, 11) is 0. The van der Waals surface area contributed by atoms with E-state index in [1.807, 2.05) is 0 Å². The van der Waals surface area contributed by atoms with Gasteiger partial charge < -0.3 is 15.4 Å². The number of halogens is 2. The van der Waals surface area contributed by atoms with Crippen LogP contribution in [0, 0.1) is 5.92 Å². The van der Waals surface area contributed by atoms with Gasteiger partial charge in [0.05, 0.1) is 10.6 Å². The summed E-state index contributed by atoms with van der Waals surface area (Å²) in [6.45, 7) is 0.469. The molecule has 2 rings (SSSR count). The Balaban J connectivity index is 1.85. The molecular weight excluding hydrogens is 343 g/mol. The first-order valence-corrected chi connectivity index (χ1v) is 7.83. The van der Waals surface area contributed by atoms with Crippen LogP contribution in [0.5, 0.6) is 0 Å². The lowest BCUT2D eigenvalue weighted by Gasteiger charge is -2.30. The number of rotatable bonds is 4. The second-order valence-corrected chi connectivity index (χ2v) is 6.10. The van der Waals surface area contributed by atoms with Gasteiger partial charge in [0.2, 0.25) is 5.91 Å². The van der Waals surface area contributed by atoms with E-state index in [2.05, 4.69) is 0 Å². The highest BCUT2D eigenvalue weighted by Crippen LogP contribution is 2.22. The highest BCUT2D eigenvalue weighted by Gasteiger charge is 2.26. The Hall–Kier alpha value is -1.79. The van der Waals surface area contributed by atoms with Gasteiger partial charge in [0.1, 0.15) is 0 Å². The third-order valence-corrected chi connectivity index (χ3v) is 4.28. The number of hydrogen-bond donors (Lipinski definition) is 1. The van der Waals surface area contributed by atoms with Gasteiger partial charge in [-0.3, -0.25) is 9.59 Å². The summed E-state index contributed by atoms with van der Waals surface area (Å²) < 4.78 is 4.99. The SMILES string of the molecule is NC(=O)C1CCN(C(=O)COC(=O)c2ccc(Cl)cc2Cl)CC1. The van der Waals surface area contributed by atoms with Gasteiger partial charge in [-0.15, -0.1) is 0 Å². The minimum atomic E-state index is -0.688. The molecule has 8 heteroatoms. The molecule has 1 aromatic carbocycles. The third-order valence-electron chi connectivity index (χ3n) is 3.73. The van der Waals surface area contributed by atoms with Crippen molar-refractivity contribution in [1.82, 2.24) is 4.90 Å². The maximum absolute atomic E-state index is 12.0. The first-order valence-electron chi connectivity index (χ1n) is 7.07. The number of ether oxygens (including phenoxy) is 1. The molecule has 0 radical (unpaired) electrons. The van der Waals surface area contributed by atoms with Crippen molar-refractivity contribution in [1.29, 1.82) is 0 Å². The summed E-state index contributed by atoms with van der Waals surface area (Å²) in [5.41, 5.74) is 5.39. The summed E-state index contributed by atoms with van der Waals surface area (Å²) in [4.78, 5) is 36.6. The number of carbonyl (C=O) groups is 3. The molecule has 0 atom stereocenters. The topological polar surface area (TPSA) is 89.7 Å². The third kappa shape index (κ3) is 4.59. The molecule has 6 nitrogen and oxygen atoms in total. The molecular formula is C15H16Cl2N2O4. The lowest BCUT2D eigenvalue weighted by Crippen LogP contribution is -2.43. The van der Waals surface area contributed by atoms with Crippen LogP contribution >= 0.6 is 23.2 Å². The minimum Gasteiger partial charge on any atom is -0.452 e. The number of amides is 2. The second kappa shape index (κ2) is 7.66. The first-order chi connectivity index (χ1) is 10.9. The molecule has 2 N–H and O–H groups in total. The first kappa shape index (κ1) is 17.6. The molecule has 0 spiro atoms. The number of esters is 1. The Bertz CT molecular complexity index is 628. The van der Waals surface area contributed by atoms with E-state index < -0.39 is 5.97 Å². The van der Waals surface area contributed by atoms with Crippen molar-refractivity contribution in [2.75, 3.05) is 19.7 Å². The van der Waals surface area contributed by atoms with Crippen molar-refractivity contribution in [3.05, 3.63) is 33.8 Å². The fourth-order valence-electron chi connectivity index (χ4n) is 2.36. The normalized spacial score (nSPS) is 15.3. The van der Waals surface area contributed by atoms with Crippen LogP contribution in [0.4, 0.5) is 0 Å². The maximum Gasteiger partial charge on any atom is 0.340 e. The van der Waals surface area contributed by atoms with E-state index in [0.717, 1.165) is 0 Å². The fourth-order valence-corrected chi connectivity index (χ4v) is 2.85. The molecule has 1 aromatic rings. The Morgan fingerprint density at radius 3 is 2.43 bits per heavy atom. The van der Waals surface area contributed by atoms with Crippen LogP contribution in [0.15, 0.2) is 18.2 Å². The molecule has 1 heterocycles. The smallest absolute Gasteiger partial charge is 0.340 e. The van der Waals surface area contributed by atoms with Crippen LogP contribution in [-0.2, 0) is 14.3 Å². The monoisotopic (exact) mass is 358 g/mol. The average molecular weight is 359 g/mol. The number of carbonyl (C=O) groups excluding carboxylic acids is 3. The molecule has 124 valence electrons. The van der Waals surface area contributed by atoms with E-state index in [1.165, 1.54) is 18.2 Å². The van der Waals surface area contributed by atoms with Gasteiger partial charge in [-0.1, -0.05) is 23.2 Å². The van der Waals surface area contributed by atoms with Crippen molar-refractivity contribution >= 4 is 41.0 Å². The Labute approximate surface area is 143 Å². The molecule has 0 saturated carbocycles. The van der Waals surface area contributed by atoms with Crippen LogP contribution in [0.3, 0.4) is 0 Å². The summed E-state index contributed by atoms with van der Waals surface area (Å²) in [5, 5.41) is 0.567. The zero-order valence-electron chi connectivity index (χ0n) is 12.3. The molecule has 23 heavy (non-hydrogen) atoms. The van der Waals surface area contributed by atoms with Gasteiger partial charge in [-0.05, 0) is 31.0 Å². The van der Waals surface area contributed by atoms with Crippen molar-refractivity contribution in [3.63, 3.8) is 0 Å². The summed E-state index contributed by atoms with van der Waals surface area (Å²) >= 11 is 11.7. The Morgan fingerprint density at radius 1 is 1.22 bits per heavy atom. The number of likely N-dealkylation sites (tertiary alicyclic amines) is 1. The summed E-state index contributed by atoms with van der Waals surface area (Å²) in [6, 6.07) is 4.38. The van der Waals surface area contributed by atoms with E-state index in [0.29, 0.717) is 31.0 Å². The van der Waals surface area contributed by atoms with Crippen LogP contribution in [-0.4, -0.2) is 42.4 Å². The van der Waals surface area contributed by atoms with E-state index in [-0.39, 0.29) is 34.9 Å². The zero-order chi connectivity index (χ0) is 17.0. The lowest BCUT2D eigenvalue weighted by atomic mass is 9.96. The molecule has 2 amide bonds. The number of nitrogens with zero attached hydrogens (tertiary/aromatic N) is 1. The number of primary amides is 1. The van der Waals surface area contributed by atoms with Crippen LogP contribution in [0.1, 0.15) is 23.2 Å². The van der Waals surface area contributed by atoms with Crippen LogP contribution in [0.2, 0.25) is 10.0 Å². The molecule has 0 bridgehead atoms. The molecule has 1 saturated heterocycles. The second-order valence-electron chi connectivity index (χ2n) is 5.26. The van der Waals surface area contributed by atoms with Gasteiger partial charge >= 0.3 is 5.97 Å². The number of hydrogen-bond acceptors (Lipinski definition) is 4. The highest BCUT2D eigenvalue weighted by molar-refractivity contribution is 6.36. The average Bonchev–Trinajstić information content (AvgIpc) is 2.52. The fraction of sp³-hybridized carbons (Fsp3) is 0.400. The standard InChI is InChI=1S/C15H16Cl2N2O4/c16-10-1-2-11(12(17)7-10)15(22)23-8-13(20)19-5-3-9(4-6-19)14(18)21/h1-2,7,9H,3-6,8H2,(H2,18,21). The highest BCUT2D eigenvalue weighted by atomic mass is 35.5. The van der Waals surface area contributed by atoms with Crippen molar-refractivity contribution in [2.24, 2.45) is 11.7 Å². The van der Waals surface area contributed by atoms with Gasteiger partial charge in [-0.25, -0.2) is 4.79 Å². The largest absolute Gasteiger partial charge is 0.452 e. The quantitative estimate of drug-likeness (QED) is 0.832. The predicted octanol–water partition coefficient (Wildman–Crippen LogP) is 1.87. The van der Waals surface area contributed by atoms with Crippen LogP contribution < -0.4 is 5.73 Å². The molecule has 0 aromatic heterocycles. The van der Waals surface area contributed by atoms with Gasteiger partial charge in [0.15, 0.2) is 6.61 Å².